The fraction of sp³-hybridized carbons (Fsp3) is 0.500. The van der Waals surface area contributed by atoms with Crippen molar-refractivity contribution in [2.24, 2.45) is 0 Å². The third kappa shape index (κ3) is 5.24. The Morgan fingerprint density at radius 2 is 1.88 bits per heavy atom. The van der Waals surface area contributed by atoms with Crippen molar-refractivity contribution in [1.29, 1.82) is 0 Å². The van der Waals surface area contributed by atoms with Gasteiger partial charge in [-0.2, -0.15) is 4.31 Å². The number of ether oxygens (including phenoxy) is 1. The molecule has 2 aliphatic rings. The van der Waals surface area contributed by atoms with Gasteiger partial charge in [-0.25, -0.2) is 27.0 Å². The summed E-state index contributed by atoms with van der Waals surface area (Å²) in [4.78, 5) is 26.3. The Labute approximate surface area is 204 Å². The standard InChI is InChI=1S/C20H26IN3O6S2/c1-13-5-7-14(8-6-13)32(28,29)23-11-15(21)17(18(25)24-9-10-30-19(24)26)16(12-23)22-31(27)20(2,3)4/h5-8,16,22H,9-12H2,1-4H3. The van der Waals surface area contributed by atoms with Crippen LogP contribution in [0, 0.1) is 6.92 Å². The SMILES string of the molecule is Cc1ccc(S(=O)(=O)N2CC(I)=C(C(=O)N3CCOC3=O)C(NS(=O)C(C)(C)C)C2)cc1. The first-order valence-corrected chi connectivity index (χ1v) is 13.6. The summed E-state index contributed by atoms with van der Waals surface area (Å²) >= 11 is 1.93. The topological polar surface area (TPSA) is 113 Å². The number of benzene rings is 1. The maximum absolute atomic E-state index is 13.3. The number of amides is 2. The highest BCUT2D eigenvalue weighted by molar-refractivity contribution is 14.1. The molecule has 3 rings (SSSR count). The zero-order valence-corrected chi connectivity index (χ0v) is 22.0. The van der Waals surface area contributed by atoms with E-state index in [-0.39, 0.29) is 36.7 Å². The Hall–Kier alpha value is -1.35. The van der Waals surface area contributed by atoms with E-state index in [1.54, 1.807) is 32.9 Å². The van der Waals surface area contributed by atoms with Gasteiger partial charge in [-0.1, -0.05) is 17.7 Å². The fourth-order valence-corrected chi connectivity index (χ4v) is 6.70. The molecule has 2 amide bonds. The number of rotatable bonds is 5. The van der Waals surface area contributed by atoms with Crippen LogP contribution in [0.5, 0.6) is 0 Å². The van der Waals surface area contributed by atoms with Gasteiger partial charge in [0.25, 0.3) is 5.91 Å². The summed E-state index contributed by atoms with van der Waals surface area (Å²) in [5, 5.41) is 0. The molecule has 1 aromatic rings. The molecule has 176 valence electrons. The van der Waals surface area contributed by atoms with Gasteiger partial charge in [0, 0.05) is 22.2 Å². The van der Waals surface area contributed by atoms with Crippen molar-refractivity contribution in [3.8, 4) is 0 Å². The summed E-state index contributed by atoms with van der Waals surface area (Å²) in [6.07, 6.45) is -0.739. The van der Waals surface area contributed by atoms with Gasteiger partial charge in [0.1, 0.15) is 6.61 Å². The number of imide groups is 1. The van der Waals surface area contributed by atoms with Crippen molar-refractivity contribution in [2.45, 2.75) is 43.4 Å². The molecule has 0 saturated carbocycles. The number of halogens is 1. The molecule has 32 heavy (non-hydrogen) atoms. The molecule has 2 atom stereocenters. The largest absolute Gasteiger partial charge is 0.447 e. The van der Waals surface area contributed by atoms with Crippen molar-refractivity contribution >= 4 is 55.6 Å². The molecule has 2 heterocycles. The predicted molar refractivity (Wildman–Crippen MR) is 129 cm³/mol. The van der Waals surface area contributed by atoms with E-state index in [4.69, 9.17) is 4.74 Å². The van der Waals surface area contributed by atoms with Crippen molar-refractivity contribution in [3.05, 3.63) is 39.0 Å². The van der Waals surface area contributed by atoms with Crippen LogP contribution < -0.4 is 4.72 Å². The van der Waals surface area contributed by atoms with E-state index >= 15 is 0 Å². The van der Waals surface area contributed by atoms with Gasteiger partial charge in [0.2, 0.25) is 10.0 Å². The number of hydrogen-bond donors (Lipinski definition) is 1. The zero-order chi connectivity index (χ0) is 23.8. The van der Waals surface area contributed by atoms with Crippen LogP contribution in [0.15, 0.2) is 38.3 Å². The minimum Gasteiger partial charge on any atom is -0.447 e. The van der Waals surface area contributed by atoms with Gasteiger partial charge in [0.05, 0.1) is 33.2 Å². The van der Waals surface area contributed by atoms with E-state index in [1.165, 1.54) is 16.4 Å². The maximum Gasteiger partial charge on any atom is 0.416 e. The Bertz CT molecular complexity index is 1080. The first-order valence-electron chi connectivity index (χ1n) is 9.94. The van der Waals surface area contributed by atoms with Gasteiger partial charge in [-0.3, -0.25) is 4.79 Å². The van der Waals surface area contributed by atoms with E-state index in [2.05, 4.69) is 4.72 Å². The molecule has 9 nitrogen and oxygen atoms in total. The molecule has 1 aromatic carbocycles. The molecule has 0 aliphatic carbocycles. The molecule has 2 unspecified atom stereocenters. The summed E-state index contributed by atoms with van der Waals surface area (Å²) in [6.45, 7) is 7.27. The summed E-state index contributed by atoms with van der Waals surface area (Å²) in [7, 11) is -5.44. The van der Waals surface area contributed by atoms with E-state index < -0.39 is 43.8 Å². The van der Waals surface area contributed by atoms with Crippen LogP contribution in [0.4, 0.5) is 4.79 Å². The molecule has 2 aliphatic heterocycles. The van der Waals surface area contributed by atoms with Crippen molar-refractivity contribution in [3.63, 3.8) is 0 Å². The van der Waals surface area contributed by atoms with Crippen molar-refractivity contribution < 1.29 is 27.0 Å². The average molecular weight is 595 g/mol. The lowest BCUT2D eigenvalue weighted by Crippen LogP contribution is -2.54. The highest BCUT2D eigenvalue weighted by Gasteiger charge is 2.42. The number of hydrogen-bond acceptors (Lipinski definition) is 6. The van der Waals surface area contributed by atoms with Crippen LogP contribution in [0.3, 0.4) is 0 Å². The monoisotopic (exact) mass is 595 g/mol. The van der Waals surface area contributed by atoms with Crippen LogP contribution in [0.1, 0.15) is 26.3 Å². The minimum atomic E-state index is -3.86. The zero-order valence-electron chi connectivity index (χ0n) is 18.3. The second-order valence-electron chi connectivity index (χ2n) is 8.55. The Morgan fingerprint density at radius 1 is 1.25 bits per heavy atom. The van der Waals surface area contributed by atoms with Gasteiger partial charge < -0.3 is 4.74 Å². The molecule has 12 heteroatoms. The van der Waals surface area contributed by atoms with Crippen LogP contribution in [-0.4, -0.2) is 70.9 Å². The number of nitrogens with one attached hydrogen (secondary N) is 1. The van der Waals surface area contributed by atoms with Gasteiger partial charge in [0.15, 0.2) is 0 Å². The van der Waals surface area contributed by atoms with E-state index in [0.717, 1.165) is 10.5 Å². The molecule has 0 radical (unpaired) electrons. The molecule has 0 aromatic heterocycles. The number of nitrogens with zero attached hydrogens (tertiary/aromatic N) is 2. The minimum absolute atomic E-state index is 0.0267. The Kier molecular flexibility index (Phi) is 7.49. The molecular formula is C20H26IN3O6S2. The van der Waals surface area contributed by atoms with Gasteiger partial charge in [-0.15, -0.1) is 0 Å². The number of carbonyl (C=O) groups is 2. The van der Waals surface area contributed by atoms with Crippen LogP contribution in [0.2, 0.25) is 0 Å². The lowest BCUT2D eigenvalue weighted by Gasteiger charge is -2.35. The number of sulfonamides is 1. The predicted octanol–water partition coefficient (Wildman–Crippen LogP) is 2.09. The van der Waals surface area contributed by atoms with E-state index in [9.17, 15) is 22.2 Å². The summed E-state index contributed by atoms with van der Waals surface area (Å²) < 4.78 is 48.3. The number of cyclic esters (lactones) is 1. The molecule has 1 fully saturated rings. The normalized spacial score (nSPS) is 21.6. The quantitative estimate of drug-likeness (QED) is 0.522. The summed E-state index contributed by atoms with van der Waals surface area (Å²) in [5.74, 6) is -0.562. The van der Waals surface area contributed by atoms with Crippen molar-refractivity contribution in [1.82, 2.24) is 13.9 Å². The lowest BCUT2D eigenvalue weighted by atomic mass is 10.0. The average Bonchev–Trinajstić information content (AvgIpc) is 3.12. The molecule has 1 N–H and O–H groups in total. The van der Waals surface area contributed by atoms with Gasteiger partial charge in [-0.05, 0) is 62.4 Å². The van der Waals surface area contributed by atoms with Crippen molar-refractivity contribution in [2.75, 3.05) is 26.2 Å². The number of aryl methyl sites for hydroxylation is 1. The maximum atomic E-state index is 13.3. The molecular weight excluding hydrogens is 569 g/mol. The molecule has 0 bridgehead atoms. The first kappa shape index (κ1) is 25.3. The van der Waals surface area contributed by atoms with Crippen LogP contribution in [0.25, 0.3) is 0 Å². The lowest BCUT2D eigenvalue weighted by molar-refractivity contribution is -0.124. The summed E-state index contributed by atoms with van der Waals surface area (Å²) in [5.41, 5.74) is 1.17. The highest BCUT2D eigenvalue weighted by Crippen LogP contribution is 2.31. The Morgan fingerprint density at radius 3 is 2.41 bits per heavy atom. The van der Waals surface area contributed by atoms with E-state index in [0.29, 0.717) is 3.58 Å². The van der Waals surface area contributed by atoms with Crippen LogP contribution >= 0.6 is 22.6 Å². The molecule has 1 saturated heterocycles. The number of carbonyl (C=O) groups excluding carboxylic acids is 2. The smallest absolute Gasteiger partial charge is 0.416 e. The van der Waals surface area contributed by atoms with Gasteiger partial charge >= 0.3 is 6.09 Å². The van der Waals surface area contributed by atoms with E-state index in [1.807, 2.05) is 29.5 Å². The molecule has 0 spiro atoms. The fourth-order valence-electron chi connectivity index (χ4n) is 3.22. The second kappa shape index (κ2) is 9.49. The third-order valence-corrected chi connectivity index (χ3v) is 9.40. The Balaban J connectivity index is 1.99. The second-order valence-corrected chi connectivity index (χ2v) is 13.8. The van der Waals surface area contributed by atoms with Crippen LogP contribution in [-0.2, 0) is 30.5 Å². The first-order chi connectivity index (χ1) is 14.8. The third-order valence-electron chi connectivity index (χ3n) is 5.04. The highest BCUT2D eigenvalue weighted by atomic mass is 127. The summed E-state index contributed by atoms with van der Waals surface area (Å²) in [6, 6.07) is 5.65.